The van der Waals surface area contributed by atoms with Crippen LogP contribution in [0.4, 0.5) is 0 Å². The molecule has 194 valence electrons. The van der Waals surface area contributed by atoms with Gasteiger partial charge in [0, 0.05) is 17.0 Å². The maximum Gasteiger partial charge on any atom is 0.338 e. The summed E-state index contributed by atoms with van der Waals surface area (Å²) < 4.78 is 5.56. The lowest BCUT2D eigenvalue weighted by atomic mass is 9.82. The number of aromatic nitrogens is 1. The van der Waals surface area contributed by atoms with Crippen molar-refractivity contribution in [1.29, 1.82) is 0 Å². The molecule has 0 bridgehead atoms. The molecule has 4 aromatic carbocycles. The summed E-state index contributed by atoms with van der Waals surface area (Å²) in [7, 11) is 0. The average molecular weight is 522 g/mol. The number of benzene rings is 4. The molecule has 0 amide bonds. The lowest BCUT2D eigenvalue weighted by molar-refractivity contribution is 0.0472. The van der Waals surface area contributed by atoms with Crippen LogP contribution < -0.4 is 16.0 Å². The third-order valence-corrected chi connectivity index (χ3v) is 8.13. The van der Waals surface area contributed by atoms with Crippen LogP contribution in [0.25, 0.3) is 22.9 Å². The highest BCUT2D eigenvalue weighted by Crippen LogP contribution is 2.28. The Morgan fingerprint density at radius 3 is 2.52 bits per heavy atom. The molecule has 5 aromatic rings. The normalized spacial score (nSPS) is 15.2. The second kappa shape index (κ2) is 10.0. The SMILES string of the molecule is O=C(OCc1ccccc1)c1ccc2c(c1)=CCc1c3c(ccc1=2)=CCC(c1ccc2ccccc2c(=O)n1)C3. The predicted octanol–water partition coefficient (Wildman–Crippen LogP) is 5.09. The number of fused-ring (bicyclic) bond motifs is 5. The molecule has 4 heteroatoms. The van der Waals surface area contributed by atoms with Gasteiger partial charge in [-0.2, -0.15) is 0 Å². The van der Waals surface area contributed by atoms with E-state index in [1.807, 2.05) is 84.9 Å². The van der Waals surface area contributed by atoms with Crippen LogP contribution in [0.2, 0.25) is 0 Å². The van der Waals surface area contributed by atoms with Crippen molar-refractivity contribution in [1.82, 2.24) is 4.98 Å². The van der Waals surface area contributed by atoms with Crippen LogP contribution in [-0.4, -0.2) is 11.0 Å². The quantitative estimate of drug-likeness (QED) is 0.310. The van der Waals surface area contributed by atoms with Gasteiger partial charge in [-0.1, -0.05) is 84.9 Å². The maximum atomic E-state index is 12.9. The average Bonchev–Trinajstić information content (AvgIpc) is 3.18. The highest BCUT2D eigenvalue weighted by atomic mass is 16.5. The van der Waals surface area contributed by atoms with Gasteiger partial charge in [0.2, 0.25) is 0 Å². The Labute approximate surface area is 231 Å². The molecule has 1 unspecified atom stereocenters. The standard InChI is InChI=1S/C36H27NO3/c38-35-30-9-5-4-8-24(30)15-19-34(37-35)27-11-10-25-12-17-31-29-16-14-28(20-26(29)13-18-32(31)33(25)21-27)36(39)40-22-23-6-2-1-3-7-23/h1-10,12-17,19-20,27H,11,18,21-22H2. The van der Waals surface area contributed by atoms with Crippen molar-refractivity contribution in [2.45, 2.75) is 31.8 Å². The van der Waals surface area contributed by atoms with E-state index in [-0.39, 0.29) is 24.1 Å². The van der Waals surface area contributed by atoms with Crippen molar-refractivity contribution in [2.24, 2.45) is 0 Å². The van der Waals surface area contributed by atoms with Crippen LogP contribution in [0.3, 0.4) is 0 Å². The summed E-state index contributed by atoms with van der Waals surface area (Å²) in [5, 5.41) is 6.22. The molecule has 0 aliphatic heterocycles. The molecule has 0 spiro atoms. The molecule has 1 heterocycles. The zero-order chi connectivity index (χ0) is 27.1. The van der Waals surface area contributed by atoms with Crippen molar-refractivity contribution in [3.8, 4) is 0 Å². The number of esters is 1. The van der Waals surface area contributed by atoms with Gasteiger partial charge in [-0.05, 0) is 86.5 Å². The highest BCUT2D eigenvalue weighted by molar-refractivity contribution is 5.89. The highest BCUT2D eigenvalue weighted by Gasteiger charge is 2.21. The van der Waals surface area contributed by atoms with Crippen LogP contribution >= 0.6 is 0 Å². The predicted molar refractivity (Wildman–Crippen MR) is 157 cm³/mol. The monoisotopic (exact) mass is 521 g/mol. The van der Waals surface area contributed by atoms with Crippen molar-refractivity contribution >= 4 is 28.9 Å². The van der Waals surface area contributed by atoms with E-state index >= 15 is 0 Å². The second-order valence-corrected chi connectivity index (χ2v) is 10.5. The van der Waals surface area contributed by atoms with E-state index in [4.69, 9.17) is 4.74 Å². The van der Waals surface area contributed by atoms with Crippen molar-refractivity contribution in [3.05, 3.63) is 156 Å². The van der Waals surface area contributed by atoms with Crippen LogP contribution in [0.15, 0.2) is 102 Å². The van der Waals surface area contributed by atoms with E-state index < -0.39 is 0 Å². The Morgan fingerprint density at radius 1 is 0.800 bits per heavy atom. The topological polar surface area (TPSA) is 56.3 Å². The fraction of sp³-hybridized carbons (Fsp3) is 0.139. The van der Waals surface area contributed by atoms with E-state index in [1.54, 1.807) is 0 Å². The summed E-state index contributed by atoms with van der Waals surface area (Å²) in [6, 6.07) is 31.6. The zero-order valence-electron chi connectivity index (χ0n) is 22.0. The fourth-order valence-electron chi connectivity index (χ4n) is 6.03. The van der Waals surface area contributed by atoms with Gasteiger partial charge < -0.3 is 4.74 Å². The molecule has 0 N–H and O–H groups in total. The smallest absolute Gasteiger partial charge is 0.338 e. The third kappa shape index (κ3) is 4.42. The summed E-state index contributed by atoms with van der Waals surface area (Å²) in [4.78, 5) is 30.2. The third-order valence-electron chi connectivity index (χ3n) is 8.13. The number of hydrogen-bond donors (Lipinski definition) is 0. The second-order valence-electron chi connectivity index (χ2n) is 10.5. The first kappa shape index (κ1) is 24.2. The summed E-state index contributed by atoms with van der Waals surface area (Å²) in [5.41, 5.74) is 4.85. The van der Waals surface area contributed by atoms with E-state index in [9.17, 15) is 9.59 Å². The van der Waals surface area contributed by atoms with Crippen LogP contribution in [0, 0.1) is 10.4 Å². The first-order valence-corrected chi connectivity index (χ1v) is 13.7. The Morgan fingerprint density at radius 2 is 1.62 bits per heavy atom. The zero-order valence-corrected chi connectivity index (χ0v) is 22.0. The molecule has 0 fully saturated rings. The van der Waals surface area contributed by atoms with E-state index in [1.165, 1.54) is 21.6 Å². The van der Waals surface area contributed by atoms with E-state index in [0.29, 0.717) is 10.9 Å². The van der Waals surface area contributed by atoms with Gasteiger partial charge in [-0.3, -0.25) is 4.79 Å². The summed E-state index contributed by atoms with van der Waals surface area (Å²) in [6.07, 6.45) is 6.98. The summed E-state index contributed by atoms with van der Waals surface area (Å²) in [5.74, 6) is -0.167. The molecular weight excluding hydrogens is 494 g/mol. The summed E-state index contributed by atoms with van der Waals surface area (Å²) >= 11 is 0. The minimum absolute atomic E-state index is 0.150. The van der Waals surface area contributed by atoms with Gasteiger partial charge >= 0.3 is 5.97 Å². The molecule has 4 nitrogen and oxygen atoms in total. The maximum absolute atomic E-state index is 12.9. The molecule has 40 heavy (non-hydrogen) atoms. The van der Waals surface area contributed by atoms with Crippen molar-refractivity contribution < 1.29 is 9.53 Å². The van der Waals surface area contributed by atoms with Gasteiger partial charge in [-0.15, -0.1) is 0 Å². The Balaban J connectivity index is 1.23. The van der Waals surface area contributed by atoms with E-state index in [2.05, 4.69) is 29.3 Å². The lowest BCUT2D eigenvalue weighted by Crippen LogP contribution is -2.24. The first-order chi connectivity index (χ1) is 19.6. The molecular formula is C36H27NO3. The molecule has 2 aliphatic rings. The molecule has 0 radical (unpaired) electrons. The Bertz CT molecular complexity index is 2080. The molecule has 0 saturated carbocycles. The number of rotatable bonds is 4. The van der Waals surface area contributed by atoms with Gasteiger partial charge in [0.1, 0.15) is 6.61 Å². The number of nitrogens with zero attached hydrogens (tertiary/aromatic N) is 1. The number of carbonyl (C=O) groups excluding carboxylic acids is 1. The largest absolute Gasteiger partial charge is 0.457 e. The fourth-order valence-corrected chi connectivity index (χ4v) is 6.03. The van der Waals surface area contributed by atoms with Crippen LogP contribution in [-0.2, 0) is 24.2 Å². The molecule has 2 aliphatic carbocycles. The van der Waals surface area contributed by atoms with Crippen LogP contribution in [0.1, 0.15) is 45.1 Å². The Kier molecular flexibility index (Phi) is 6.09. The van der Waals surface area contributed by atoms with Crippen molar-refractivity contribution in [3.63, 3.8) is 0 Å². The van der Waals surface area contributed by atoms with E-state index in [0.717, 1.165) is 46.3 Å². The van der Waals surface area contributed by atoms with Crippen LogP contribution in [0.5, 0.6) is 0 Å². The van der Waals surface area contributed by atoms with Gasteiger partial charge in [0.05, 0.1) is 5.56 Å². The number of hydrogen-bond acceptors (Lipinski definition) is 4. The van der Waals surface area contributed by atoms with Crippen molar-refractivity contribution in [2.75, 3.05) is 0 Å². The minimum Gasteiger partial charge on any atom is -0.457 e. The van der Waals surface area contributed by atoms with Gasteiger partial charge in [-0.25, -0.2) is 9.78 Å². The number of ether oxygens (including phenoxy) is 1. The summed E-state index contributed by atoms with van der Waals surface area (Å²) in [6.45, 7) is 0.255. The minimum atomic E-state index is -0.317. The molecule has 0 saturated heterocycles. The molecule has 1 atom stereocenters. The lowest BCUT2D eigenvalue weighted by Gasteiger charge is -2.22. The molecule has 1 aromatic heterocycles. The van der Waals surface area contributed by atoms with Gasteiger partial charge in [0.15, 0.2) is 0 Å². The Hall–Kier alpha value is -4.83. The number of carbonyl (C=O) groups is 1. The van der Waals surface area contributed by atoms with Gasteiger partial charge in [0.25, 0.3) is 5.56 Å². The molecule has 7 rings (SSSR count). The first-order valence-electron chi connectivity index (χ1n) is 13.7.